The molecule has 3 aromatic rings. The predicted octanol–water partition coefficient (Wildman–Crippen LogP) is 2.72. The van der Waals surface area contributed by atoms with E-state index in [9.17, 15) is 4.79 Å². The van der Waals surface area contributed by atoms with E-state index in [2.05, 4.69) is 45.4 Å². The summed E-state index contributed by atoms with van der Waals surface area (Å²) in [4.78, 5) is 18.9. The minimum absolute atomic E-state index is 0.0475. The van der Waals surface area contributed by atoms with Crippen LogP contribution in [0.1, 0.15) is 40.3 Å². The molecule has 4 rings (SSSR count). The molecule has 1 aliphatic rings. The summed E-state index contributed by atoms with van der Waals surface area (Å²) >= 11 is 1.81. The van der Waals surface area contributed by atoms with Gasteiger partial charge in [0.1, 0.15) is 0 Å². The molecular formula is C16H16N4O2S. The number of carbonyl (C=O) groups is 1. The van der Waals surface area contributed by atoms with Crippen molar-refractivity contribution in [2.75, 3.05) is 6.54 Å². The molecule has 0 unspecified atom stereocenters. The van der Waals surface area contributed by atoms with Gasteiger partial charge in [-0.05, 0) is 36.9 Å². The van der Waals surface area contributed by atoms with Crippen LogP contribution in [0.3, 0.4) is 0 Å². The van der Waals surface area contributed by atoms with E-state index in [1.165, 1.54) is 15.0 Å². The molecule has 0 aliphatic carbocycles. The van der Waals surface area contributed by atoms with Crippen molar-refractivity contribution in [1.29, 1.82) is 0 Å². The van der Waals surface area contributed by atoms with Crippen molar-refractivity contribution in [3.05, 3.63) is 46.9 Å². The number of hydrogen-bond donors (Lipinski definition) is 1. The molecule has 23 heavy (non-hydrogen) atoms. The summed E-state index contributed by atoms with van der Waals surface area (Å²) in [6, 6.07) is 10.7. The van der Waals surface area contributed by atoms with Gasteiger partial charge in [0.2, 0.25) is 5.89 Å². The number of likely N-dealkylation sites (tertiary alicyclic amines) is 1. The number of thiophene rings is 1. The van der Waals surface area contributed by atoms with Gasteiger partial charge < -0.3 is 10.3 Å². The van der Waals surface area contributed by atoms with E-state index in [0.717, 1.165) is 25.9 Å². The van der Waals surface area contributed by atoms with E-state index in [1.54, 1.807) is 0 Å². The first kappa shape index (κ1) is 14.3. The second kappa shape index (κ2) is 5.75. The molecule has 2 N–H and O–H groups in total. The van der Waals surface area contributed by atoms with E-state index < -0.39 is 5.91 Å². The van der Waals surface area contributed by atoms with Crippen LogP contribution in [0, 0.1) is 0 Å². The van der Waals surface area contributed by atoms with E-state index in [0.29, 0.717) is 5.89 Å². The van der Waals surface area contributed by atoms with E-state index in [-0.39, 0.29) is 11.9 Å². The predicted molar refractivity (Wildman–Crippen MR) is 87.0 cm³/mol. The number of aromatic nitrogens is 2. The second-order valence-corrected chi connectivity index (χ2v) is 6.87. The summed E-state index contributed by atoms with van der Waals surface area (Å²) < 4.78 is 6.53. The standard InChI is InChI=1S/C16H16N4O2S/c17-14(21)15-18-16(22-19-15)12-5-3-7-20(12)9-11-8-10-4-1-2-6-13(10)23-11/h1-2,4,6,8,12H,3,5,7,9H2,(H2,17,21)/t12-/m0/s1. The summed E-state index contributed by atoms with van der Waals surface area (Å²) in [5, 5.41) is 4.93. The first-order chi connectivity index (χ1) is 11.2. The maximum atomic E-state index is 11.1. The number of nitrogens with two attached hydrogens (primary N) is 1. The lowest BCUT2D eigenvalue weighted by atomic mass is 10.2. The van der Waals surface area contributed by atoms with Crippen LogP contribution < -0.4 is 5.73 Å². The molecule has 1 aromatic carbocycles. The monoisotopic (exact) mass is 328 g/mol. The molecule has 1 amide bonds. The molecule has 0 spiro atoms. The van der Waals surface area contributed by atoms with Gasteiger partial charge in [-0.2, -0.15) is 4.98 Å². The topological polar surface area (TPSA) is 85.2 Å². The van der Waals surface area contributed by atoms with Crippen LogP contribution in [0.2, 0.25) is 0 Å². The van der Waals surface area contributed by atoms with Crippen LogP contribution in [0.25, 0.3) is 10.1 Å². The second-order valence-electron chi connectivity index (χ2n) is 5.70. The Morgan fingerprint density at radius 3 is 3.09 bits per heavy atom. The van der Waals surface area contributed by atoms with Crippen molar-refractivity contribution in [3.8, 4) is 0 Å². The van der Waals surface area contributed by atoms with Crippen molar-refractivity contribution in [3.63, 3.8) is 0 Å². The van der Waals surface area contributed by atoms with Crippen LogP contribution in [0.15, 0.2) is 34.9 Å². The summed E-state index contributed by atoms with van der Waals surface area (Å²) in [7, 11) is 0. The Kier molecular flexibility index (Phi) is 3.59. The van der Waals surface area contributed by atoms with Gasteiger partial charge in [0.05, 0.1) is 6.04 Å². The van der Waals surface area contributed by atoms with Gasteiger partial charge in [-0.3, -0.25) is 9.69 Å². The number of hydrogen-bond acceptors (Lipinski definition) is 6. The van der Waals surface area contributed by atoms with Crippen molar-refractivity contribution < 1.29 is 9.32 Å². The zero-order valence-electron chi connectivity index (χ0n) is 12.4. The lowest BCUT2D eigenvalue weighted by molar-refractivity contribution is 0.0987. The average molecular weight is 328 g/mol. The third-order valence-electron chi connectivity index (χ3n) is 4.15. The Morgan fingerprint density at radius 2 is 2.30 bits per heavy atom. The molecule has 1 atom stereocenters. The van der Waals surface area contributed by atoms with E-state index in [4.69, 9.17) is 10.3 Å². The maximum absolute atomic E-state index is 11.1. The highest BCUT2D eigenvalue weighted by molar-refractivity contribution is 7.19. The highest BCUT2D eigenvalue weighted by Crippen LogP contribution is 2.34. The van der Waals surface area contributed by atoms with Crippen LogP contribution in [0.4, 0.5) is 0 Å². The fourth-order valence-corrected chi connectivity index (χ4v) is 4.17. The number of nitrogens with zero attached hydrogens (tertiary/aromatic N) is 3. The molecular weight excluding hydrogens is 312 g/mol. The minimum atomic E-state index is -0.658. The molecule has 2 aromatic heterocycles. The third-order valence-corrected chi connectivity index (χ3v) is 5.25. The zero-order chi connectivity index (χ0) is 15.8. The van der Waals surface area contributed by atoms with Gasteiger partial charge in [-0.1, -0.05) is 23.4 Å². The lowest BCUT2D eigenvalue weighted by Gasteiger charge is -2.20. The van der Waals surface area contributed by atoms with Crippen LogP contribution in [-0.2, 0) is 6.54 Å². The Balaban J connectivity index is 1.56. The summed E-state index contributed by atoms with van der Waals surface area (Å²) in [6.45, 7) is 1.82. The van der Waals surface area contributed by atoms with Gasteiger partial charge in [-0.25, -0.2) is 0 Å². The van der Waals surface area contributed by atoms with Crippen LogP contribution >= 0.6 is 11.3 Å². The third kappa shape index (κ3) is 2.73. The number of amides is 1. The molecule has 6 nitrogen and oxygen atoms in total. The quantitative estimate of drug-likeness (QED) is 0.796. The molecule has 1 saturated heterocycles. The van der Waals surface area contributed by atoms with Crippen molar-refractivity contribution in [2.24, 2.45) is 5.73 Å². The Hall–Kier alpha value is -2.25. The maximum Gasteiger partial charge on any atom is 0.290 e. The molecule has 0 radical (unpaired) electrons. The zero-order valence-corrected chi connectivity index (χ0v) is 13.3. The molecule has 7 heteroatoms. The van der Waals surface area contributed by atoms with E-state index in [1.807, 2.05) is 11.3 Å². The van der Waals surface area contributed by atoms with Gasteiger partial charge >= 0.3 is 0 Å². The highest BCUT2D eigenvalue weighted by Gasteiger charge is 2.31. The van der Waals surface area contributed by atoms with Crippen LogP contribution in [0.5, 0.6) is 0 Å². The number of primary amides is 1. The lowest BCUT2D eigenvalue weighted by Crippen LogP contribution is -2.22. The van der Waals surface area contributed by atoms with Crippen LogP contribution in [-0.4, -0.2) is 27.5 Å². The van der Waals surface area contributed by atoms with E-state index >= 15 is 0 Å². The smallest absolute Gasteiger partial charge is 0.290 e. The van der Waals surface area contributed by atoms with Gasteiger partial charge in [0, 0.05) is 16.1 Å². The first-order valence-electron chi connectivity index (χ1n) is 7.55. The largest absolute Gasteiger partial charge is 0.363 e. The molecule has 0 bridgehead atoms. The highest BCUT2D eigenvalue weighted by atomic mass is 32.1. The number of benzene rings is 1. The molecule has 1 aliphatic heterocycles. The normalized spacial score (nSPS) is 18.7. The van der Waals surface area contributed by atoms with Crippen molar-refractivity contribution >= 4 is 27.3 Å². The van der Waals surface area contributed by atoms with Gasteiger partial charge in [-0.15, -0.1) is 11.3 Å². The fraction of sp³-hybridized carbons (Fsp3) is 0.312. The number of fused-ring (bicyclic) bond motifs is 1. The number of rotatable bonds is 4. The molecule has 3 heterocycles. The Bertz CT molecular complexity index is 824. The van der Waals surface area contributed by atoms with Gasteiger partial charge in [0.25, 0.3) is 11.7 Å². The van der Waals surface area contributed by atoms with Crippen molar-refractivity contribution in [2.45, 2.75) is 25.4 Å². The average Bonchev–Trinajstić information content (AvgIpc) is 3.25. The fourth-order valence-electron chi connectivity index (χ4n) is 3.08. The molecule has 1 fully saturated rings. The first-order valence-corrected chi connectivity index (χ1v) is 8.37. The Morgan fingerprint density at radius 1 is 1.43 bits per heavy atom. The van der Waals surface area contributed by atoms with Gasteiger partial charge in [0.15, 0.2) is 0 Å². The molecule has 0 saturated carbocycles. The summed E-state index contributed by atoms with van der Waals surface area (Å²) in [5.41, 5.74) is 5.19. The van der Waals surface area contributed by atoms with Crippen molar-refractivity contribution in [1.82, 2.24) is 15.0 Å². The molecule has 118 valence electrons. The number of carbonyl (C=O) groups excluding carboxylic acids is 1. The minimum Gasteiger partial charge on any atom is -0.363 e. The SMILES string of the molecule is NC(=O)c1noc([C@@H]2CCCN2Cc2cc3ccccc3s2)n1. The summed E-state index contributed by atoms with van der Waals surface area (Å²) in [5.74, 6) is -0.222. The Labute approximate surface area is 136 Å². The summed E-state index contributed by atoms with van der Waals surface area (Å²) in [6.07, 6.45) is 2.02.